The van der Waals surface area contributed by atoms with Gasteiger partial charge in [-0.3, -0.25) is 0 Å². The molecule has 0 bridgehead atoms. The molecule has 0 fully saturated rings. The smallest absolute Gasteiger partial charge is 0.242 e. The maximum absolute atomic E-state index is 12.4. The Morgan fingerprint density at radius 1 is 1.14 bits per heavy atom. The van der Waals surface area contributed by atoms with E-state index in [-0.39, 0.29) is 16.0 Å². The summed E-state index contributed by atoms with van der Waals surface area (Å²) >= 11 is 6.03. The predicted molar refractivity (Wildman–Crippen MR) is 85.8 cm³/mol. The third-order valence-corrected chi connectivity index (χ3v) is 5.17. The number of nitrogen functional groups attached to an aromatic ring is 1. The molecule has 2 aromatic carbocycles. The van der Waals surface area contributed by atoms with Gasteiger partial charge in [-0.2, -0.15) is 0 Å². The Balaban J connectivity index is 2.26. The molecule has 21 heavy (non-hydrogen) atoms. The predicted octanol–water partition coefficient (Wildman–Crippen LogP) is 3.27. The van der Waals surface area contributed by atoms with Gasteiger partial charge in [-0.15, -0.1) is 0 Å². The second kappa shape index (κ2) is 6.05. The van der Waals surface area contributed by atoms with Crippen molar-refractivity contribution in [3.63, 3.8) is 0 Å². The van der Waals surface area contributed by atoms with Gasteiger partial charge in [-0.1, -0.05) is 29.8 Å². The molecule has 0 aliphatic rings. The summed E-state index contributed by atoms with van der Waals surface area (Å²) in [5.74, 6) is 0. The van der Waals surface area contributed by atoms with Gasteiger partial charge in [0.1, 0.15) is 4.90 Å². The van der Waals surface area contributed by atoms with E-state index in [2.05, 4.69) is 4.72 Å². The summed E-state index contributed by atoms with van der Waals surface area (Å²) in [6.07, 6.45) is 0. The topological polar surface area (TPSA) is 72.2 Å². The number of benzene rings is 2. The molecule has 2 rings (SSSR count). The van der Waals surface area contributed by atoms with Crippen LogP contribution < -0.4 is 10.5 Å². The zero-order valence-corrected chi connectivity index (χ0v) is 13.4. The van der Waals surface area contributed by atoms with Crippen LogP contribution in [0.5, 0.6) is 0 Å². The summed E-state index contributed by atoms with van der Waals surface area (Å²) in [6.45, 7) is 3.62. The summed E-state index contributed by atoms with van der Waals surface area (Å²) in [5.41, 5.74) is 8.00. The van der Waals surface area contributed by atoms with Gasteiger partial charge in [0.2, 0.25) is 10.0 Å². The molecule has 0 saturated carbocycles. The van der Waals surface area contributed by atoms with Gasteiger partial charge in [0.25, 0.3) is 0 Å². The molecule has 0 radical (unpaired) electrons. The number of halogens is 1. The van der Waals surface area contributed by atoms with Gasteiger partial charge in [0.05, 0.1) is 5.02 Å². The molecule has 0 amide bonds. The van der Waals surface area contributed by atoms with Gasteiger partial charge in [0, 0.05) is 11.7 Å². The van der Waals surface area contributed by atoms with E-state index in [9.17, 15) is 8.42 Å². The Kier molecular flexibility index (Phi) is 4.56. The van der Waals surface area contributed by atoms with E-state index in [1.165, 1.54) is 6.07 Å². The van der Waals surface area contributed by atoms with Crippen molar-refractivity contribution in [1.82, 2.24) is 4.72 Å². The first-order valence-electron chi connectivity index (χ1n) is 6.43. The molecule has 1 atom stereocenters. The minimum absolute atomic E-state index is 0.0806. The quantitative estimate of drug-likeness (QED) is 0.848. The van der Waals surface area contributed by atoms with E-state index in [1.54, 1.807) is 43.3 Å². The molecule has 4 nitrogen and oxygen atoms in total. The molecule has 0 aromatic heterocycles. The van der Waals surface area contributed by atoms with E-state index in [1.807, 2.05) is 6.92 Å². The third kappa shape index (κ3) is 3.75. The maximum atomic E-state index is 12.4. The Bertz CT molecular complexity index is 743. The lowest BCUT2D eigenvalue weighted by Gasteiger charge is -2.15. The SMILES string of the molecule is Cc1ccc(S(=O)(=O)NC(C)c2ccc(N)cc2)c(Cl)c1. The summed E-state index contributed by atoms with van der Waals surface area (Å²) in [6, 6.07) is 11.5. The second-order valence-electron chi connectivity index (χ2n) is 4.94. The molecule has 0 saturated heterocycles. The Hall–Kier alpha value is -1.56. The van der Waals surface area contributed by atoms with Crippen LogP contribution >= 0.6 is 11.6 Å². The van der Waals surface area contributed by atoms with Crippen LogP contribution in [0.15, 0.2) is 47.4 Å². The number of rotatable bonds is 4. The van der Waals surface area contributed by atoms with Crippen LogP contribution in [0.25, 0.3) is 0 Å². The van der Waals surface area contributed by atoms with Crippen molar-refractivity contribution in [1.29, 1.82) is 0 Å². The van der Waals surface area contributed by atoms with Crippen LogP contribution in [0.3, 0.4) is 0 Å². The van der Waals surface area contributed by atoms with Gasteiger partial charge in [0.15, 0.2) is 0 Å². The minimum Gasteiger partial charge on any atom is -0.399 e. The van der Waals surface area contributed by atoms with E-state index in [4.69, 9.17) is 17.3 Å². The summed E-state index contributed by atoms with van der Waals surface area (Å²) in [7, 11) is -3.68. The van der Waals surface area contributed by atoms with Crippen LogP contribution in [0.2, 0.25) is 5.02 Å². The van der Waals surface area contributed by atoms with E-state index < -0.39 is 10.0 Å². The fourth-order valence-corrected chi connectivity index (χ4v) is 3.80. The van der Waals surface area contributed by atoms with Gasteiger partial charge in [-0.05, 0) is 49.2 Å². The Labute approximate surface area is 130 Å². The molecule has 0 heterocycles. The third-order valence-electron chi connectivity index (χ3n) is 3.15. The first-order valence-corrected chi connectivity index (χ1v) is 8.29. The fraction of sp³-hybridized carbons (Fsp3) is 0.200. The van der Waals surface area contributed by atoms with Gasteiger partial charge < -0.3 is 5.73 Å². The molecular weight excluding hydrogens is 308 g/mol. The average molecular weight is 325 g/mol. The molecule has 0 aliphatic heterocycles. The lowest BCUT2D eigenvalue weighted by molar-refractivity contribution is 0.567. The molecule has 2 aromatic rings. The lowest BCUT2D eigenvalue weighted by Crippen LogP contribution is -2.27. The zero-order chi connectivity index (χ0) is 15.6. The highest BCUT2D eigenvalue weighted by Crippen LogP contribution is 2.24. The van der Waals surface area contributed by atoms with Crippen molar-refractivity contribution in [3.05, 3.63) is 58.6 Å². The monoisotopic (exact) mass is 324 g/mol. The van der Waals surface area contributed by atoms with E-state index in [0.717, 1.165) is 11.1 Å². The highest BCUT2D eigenvalue weighted by atomic mass is 35.5. The maximum Gasteiger partial charge on any atom is 0.242 e. The van der Waals surface area contributed by atoms with Gasteiger partial charge >= 0.3 is 0 Å². The number of sulfonamides is 1. The number of nitrogens with one attached hydrogen (secondary N) is 1. The fourth-order valence-electron chi connectivity index (χ4n) is 1.97. The number of anilines is 1. The molecule has 1 unspecified atom stereocenters. The van der Waals surface area contributed by atoms with E-state index in [0.29, 0.717) is 5.69 Å². The lowest BCUT2D eigenvalue weighted by atomic mass is 10.1. The molecule has 3 N–H and O–H groups in total. The first kappa shape index (κ1) is 15.8. The van der Waals surface area contributed by atoms with Crippen molar-refractivity contribution in [2.75, 3.05) is 5.73 Å². The Morgan fingerprint density at radius 2 is 1.76 bits per heavy atom. The summed E-state index contributed by atoms with van der Waals surface area (Å²) < 4.78 is 27.4. The number of aryl methyl sites for hydroxylation is 1. The van der Waals surface area contributed by atoms with Crippen molar-refractivity contribution in [3.8, 4) is 0 Å². The van der Waals surface area contributed by atoms with Crippen molar-refractivity contribution in [2.24, 2.45) is 0 Å². The van der Waals surface area contributed by atoms with Crippen LogP contribution in [-0.4, -0.2) is 8.42 Å². The molecule has 6 heteroatoms. The largest absolute Gasteiger partial charge is 0.399 e. The molecule has 0 spiro atoms. The Morgan fingerprint density at radius 3 is 2.33 bits per heavy atom. The van der Waals surface area contributed by atoms with E-state index >= 15 is 0 Å². The number of hydrogen-bond acceptors (Lipinski definition) is 3. The molecule has 0 aliphatic carbocycles. The minimum atomic E-state index is -3.68. The van der Waals surface area contributed by atoms with Crippen LogP contribution in [0.1, 0.15) is 24.1 Å². The van der Waals surface area contributed by atoms with Crippen molar-refractivity contribution >= 4 is 27.3 Å². The summed E-state index contributed by atoms with van der Waals surface area (Å²) in [4.78, 5) is 0.0806. The standard InChI is InChI=1S/C15H17ClN2O2S/c1-10-3-8-15(14(16)9-10)21(19,20)18-11(2)12-4-6-13(17)7-5-12/h3-9,11,18H,17H2,1-2H3. The molecule has 112 valence electrons. The van der Waals surface area contributed by atoms with Crippen LogP contribution in [0.4, 0.5) is 5.69 Å². The van der Waals surface area contributed by atoms with Crippen LogP contribution in [0, 0.1) is 6.92 Å². The van der Waals surface area contributed by atoms with Crippen molar-refractivity contribution < 1.29 is 8.42 Å². The summed E-state index contributed by atoms with van der Waals surface area (Å²) in [5, 5.41) is 0.215. The highest BCUT2D eigenvalue weighted by Gasteiger charge is 2.21. The second-order valence-corrected chi connectivity index (χ2v) is 7.03. The first-order chi connectivity index (χ1) is 9.79. The number of nitrogens with two attached hydrogens (primary N) is 1. The normalized spacial score (nSPS) is 13.1. The number of hydrogen-bond donors (Lipinski definition) is 2. The van der Waals surface area contributed by atoms with Crippen molar-refractivity contribution in [2.45, 2.75) is 24.8 Å². The zero-order valence-electron chi connectivity index (χ0n) is 11.8. The van der Waals surface area contributed by atoms with Crippen LogP contribution in [-0.2, 0) is 10.0 Å². The molecular formula is C15H17ClN2O2S. The highest BCUT2D eigenvalue weighted by molar-refractivity contribution is 7.89. The van der Waals surface area contributed by atoms with Gasteiger partial charge in [-0.25, -0.2) is 13.1 Å². The average Bonchev–Trinajstić information content (AvgIpc) is 2.38.